The zero-order valence-electron chi connectivity index (χ0n) is 6.83. The standard InChI is InChI=1S/C9H9NO2/c1-12-9(11)7-5-3-2-4-6-8-10/h4,6H,2-3H2,1H3/b6-4+. The first kappa shape index (κ1) is 10.3. The van der Waals surface area contributed by atoms with E-state index in [0.717, 1.165) is 0 Å². The van der Waals surface area contributed by atoms with Gasteiger partial charge in [0.2, 0.25) is 0 Å². The second-order valence-electron chi connectivity index (χ2n) is 1.86. The molecule has 0 aromatic heterocycles. The molecule has 0 aromatic carbocycles. The van der Waals surface area contributed by atoms with Gasteiger partial charge in [-0.25, -0.2) is 4.79 Å². The summed E-state index contributed by atoms with van der Waals surface area (Å²) in [4.78, 5) is 10.4. The van der Waals surface area contributed by atoms with Crippen LogP contribution in [0.25, 0.3) is 0 Å². The predicted molar refractivity (Wildman–Crippen MR) is 43.8 cm³/mol. The highest BCUT2D eigenvalue weighted by Gasteiger charge is 1.86. The minimum Gasteiger partial charge on any atom is -0.459 e. The molecule has 0 aliphatic heterocycles. The lowest BCUT2D eigenvalue weighted by Gasteiger charge is -1.84. The molecule has 3 heteroatoms. The summed E-state index contributed by atoms with van der Waals surface area (Å²) < 4.78 is 4.30. The van der Waals surface area contributed by atoms with Gasteiger partial charge in [-0.05, 0) is 6.42 Å². The fourth-order valence-corrected chi connectivity index (χ4v) is 0.477. The fraction of sp³-hybridized carbons (Fsp3) is 0.333. The lowest BCUT2D eigenvalue weighted by Crippen LogP contribution is -1.93. The number of hydrogen-bond donors (Lipinski definition) is 0. The van der Waals surface area contributed by atoms with E-state index in [4.69, 9.17) is 5.26 Å². The van der Waals surface area contributed by atoms with Gasteiger partial charge in [0, 0.05) is 18.4 Å². The summed E-state index contributed by atoms with van der Waals surface area (Å²) in [6.07, 6.45) is 4.33. The van der Waals surface area contributed by atoms with Gasteiger partial charge in [0.15, 0.2) is 0 Å². The summed E-state index contributed by atoms with van der Waals surface area (Å²) in [7, 11) is 1.28. The Morgan fingerprint density at radius 1 is 1.67 bits per heavy atom. The molecule has 0 aliphatic carbocycles. The van der Waals surface area contributed by atoms with Crippen LogP contribution in [0.3, 0.4) is 0 Å². The molecule has 62 valence electrons. The van der Waals surface area contributed by atoms with E-state index in [1.165, 1.54) is 13.2 Å². The number of unbranched alkanes of at least 4 members (excludes halogenated alkanes) is 1. The molecule has 0 amide bonds. The van der Waals surface area contributed by atoms with Gasteiger partial charge in [-0.15, -0.1) is 0 Å². The van der Waals surface area contributed by atoms with Crippen LogP contribution in [0.1, 0.15) is 12.8 Å². The van der Waals surface area contributed by atoms with Crippen LogP contribution in [-0.2, 0) is 9.53 Å². The summed E-state index contributed by atoms with van der Waals surface area (Å²) in [5, 5.41) is 8.10. The van der Waals surface area contributed by atoms with Gasteiger partial charge in [-0.2, -0.15) is 5.26 Å². The van der Waals surface area contributed by atoms with Crippen LogP contribution in [0.2, 0.25) is 0 Å². The third kappa shape index (κ3) is 6.38. The van der Waals surface area contributed by atoms with Crippen molar-refractivity contribution in [2.45, 2.75) is 12.8 Å². The number of ether oxygens (including phenoxy) is 1. The van der Waals surface area contributed by atoms with Crippen LogP contribution >= 0.6 is 0 Å². The molecule has 0 aliphatic rings. The molecule has 0 fully saturated rings. The van der Waals surface area contributed by atoms with Gasteiger partial charge >= 0.3 is 5.97 Å². The van der Waals surface area contributed by atoms with Crippen molar-refractivity contribution in [2.75, 3.05) is 7.11 Å². The Kier molecular flexibility index (Phi) is 6.30. The van der Waals surface area contributed by atoms with Crippen molar-refractivity contribution >= 4 is 5.97 Å². The van der Waals surface area contributed by atoms with Crippen LogP contribution in [0.15, 0.2) is 12.2 Å². The summed E-state index contributed by atoms with van der Waals surface area (Å²) in [6, 6.07) is 1.86. The predicted octanol–water partition coefficient (Wildman–Crippen LogP) is 1.02. The van der Waals surface area contributed by atoms with Crippen LogP contribution in [-0.4, -0.2) is 13.1 Å². The zero-order valence-corrected chi connectivity index (χ0v) is 6.83. The average molecular weight is 163 g/mol. The first-order valence-corrected chi connectivity index (χ1v) is 3.42. The monoisotopic (exact) mass is 163 g/mol. The summed E-state index contributed by atoms with van der Waals surface area (Å²) >= 11 is 0. The molecule has 0 saturated carbocycles. The second kappa shape index (κ2) is 7.37. The number of rotatable bonds is 2. The molecule has 0 rings (SSSR count). The normalized spacial score (nSPS) is 8.33. The first-order chi connectivity index (χ1) is 5.81. The van der Waals surface area contributed by atoms with Crippen molar-refractivity contribution in [3.05, 3.63) is 12.2 Å². The highest BCUT2D eigenvalue weighted by Crippen LogP contribution is 1.87. The maximum Gasteiger partial charge on any atom is 0.384 e. The molecule has 0 heterocycles. The van der Waals surface area contributed by atoms with E-state index < -0.39 is 5.97 Å². The lowest BCUT2D eigenvalue weighted by atomic mass is 10.3. The number of nitriles is 1. The van der Waals surface area contributed by atoms with Crippen LogP contribution in [0, 0.1) is 23.2 Å². The van der Waals surface area contributed by atoms with Gasteiger partial charge < -0.3 is 4.74 Å². The molecule has 3 nitrogen and oxygen atoms in total. The Labute approximate surface area is 71.6 Å². The summed E-state index contributed by atoms with van der Waals surface area (Å²) in [6.45, 7) is 0. The number of carbonyl (C=O) groups is 1. The van der Waals surface area contributed by atoms with Crippen molar-refractivity contribution in [2.24, 2.45) is 0 Å². The summed E-state index contributed by atoms with van der Waals surface area (Å²) in [5.74, 6) is 4.36. The maximum absolute atomic E-state index is 10.4. The minimum absolute atomic E-state index is 0.528. The van der Waals surface area contributed by atoms with E-state index >= 15 is 0 Å². The number of carbonyl (C=O) groups excluding carboxylic acids is 1. The molecule has 0 aromatic rings. The zero-order chi connectivity index (χ0) is 9.23. The molecule has 0 N–H and O–H groups in total. The molecule has 0 spiro atoms. The van der Waals surface area contributed by atoms with Gasteiger partial charge in [0.05, 0.1) is 13.2 Å². The largest absolute Gasteiger partial charge is 0.459 e. The fourth-order valence-electron chi connectivity index (χ4n) is 0.477. The Morgan fingerprint density at radius 3 is 3.00 bits per heavy atom. The van der Waals surface area contributed by atoms with Gasteiger partial charge in [-0.1, -0.05) is 12.0 Å². The topological polar surface area (TPSA) is 50.1 Å². The van der Waals surface area contributed by atoms with Crippen molar-refractivity contribution in [3.63, 3.8) is 0 Å². The number of allylic oxidation sites excluding steroid dienone is 2. The maximum atomic E-state index is 10.4. The highest BCUT2D eigenvalue weighted by molar-refractivity contribution is 5.88. The number of esters is 1. The highest BCUT2D eigenvalue weighted by atomic mass is 16.5. The van der Waals surface area contributed by atoms with E-state index in [-0.39, 0.29) is 0 Å². The summed E-state index contributed by atoms with van der Waals surface area (Å²) in [5.41, 5.74) is 0. The SMILES string of the molecule is COC(=O)C#CCC/C=C/C#N. The van der Waals surface area contributed by atoms with Gasteiger partial charge in [-0.3, -0.25) is 0 Å². The molecule has 0 bridgehead atoms. The molecular weight excluding hydrogens is 154 g/mol. The first-order valence-electron chi connectivity index (χ1n) is 3.42. The average Bonchev–Trinajstić information content (AvgIpc) is 2.10. The van der Waals surface area contributed by atoms with E-state index in [1.54, 1.807) is 6.08 Å². The Bertz CT molecular complexity index is 262. The smallest absolute Gasteiger partial charge is 0.384 e. The lowest BCUT2D eigenvalue weighted by molar-refractivity contribution is -0.133. The van der Waals surface area contributed by atoms with Crippen molar-refractivity contribution < 1.29 is 9.53 Å². The number of nitrogens with zero attached hydrogens (tertiary/aromatic N) is 1. The van der Waals surface area contributed by atoms with E-state index in [2.05, 4.69) is 16.6 Å². The minimum atomic E-state index is -0.528. The molecule has 12 heavy (non-hydrogen) atoms. The van der Waals surface area contributed by atoms with E-state index in [9.17, 15) is 4.79 Å². The Balaban J connectivity index is 3.54. The quantitative estimate of drug-likeness (QED) is 0.201. The van der Waals surface area contributed by atoms with E-state index in [1.807, 2.05) is 6.07 Å². The molecule has 0 unspecified atom stereocenters. The van der Waals surface area contributed by atoms with Crippen LogP contribution < -0.4 is 0 Å². The molecule has 0 atom stereocenters. The van der Waals surface area contributed by atoms with Crippen LogP contribution in [0.4, 0.5) is 0 Å². The Morgan fingerprint density at radius 2 is 2.42 bits per heavy atom. The number of methoxy groups -OCH3 is 1. The van der Waals surface area contributed by atoms with Crippen molar-refractivity contribution in [1.82, 2.24) is 0 Å². The molecular formula is C9H9NO2. The third-order valence-electron chi connectivity index (χ3n) is 1.00. The van der Waals surface area contributed by atoms with Crippen molar-refractivity contribution in [3.8, 4) is 17.9 Å². The Hall–Kier alpha value is -1.74. The van der Waals surface area contributed by atoms with E-state index in [0.29, 0.717) is 12.8 Å². The number of hydrogen-bond acceptors (Lipinski definition) is 3. The second-order valence-corrected chi connectivity index (χ2v) is 1.86. The van der Waals surface area contributed by atoms with Crippen molar-refractivity contribution in [1.29, 1.82) is 5.26 Å². The van der Waals surface area contributed by atoms with Gasteiger partial charge in [0.1, 0.15) is 0 Å². The molecule has 0 saturated heterocycles. The third-order valence-corrected chi connectivity index (χ3v) is 1.00. The van der Waals surface area contributed by atoms with Gasteiger partial charge in [0.25, 0.3) is 0 Å². The molecule has 0 radical (unpaired) electrons. The van der Waals surface area contributed by atoms with Crippen LogP contribution in [0.5, 0.6) is 0 Å².